The van der Waals surface area contributed by atoms with E-state index >= 15 is 0 Å². The first-order valence-electron chi connectivity index (χ1n) is 8.11. The lowest BCUT2D eigenvalue weighted by Gasteiger charge is -2.35. The minimum atomic E-state index is -0.371. The molecule has 0 radical (unpaired) electrons. The lowest BCUT2D eigenvalue weighted by molar-refractivity contribution is -0.134. The average Bonchev–Trinajstić information content (AvgIpc) is 2.50. The van der Waals surface area contributed by atoms with Crippen molar-refractivity contribution in [1.29, 1.82) is 0 Å². The number of nitrogens with zero attached hydrogens (tertiary/aromatic N) is 2. The van der Waals surface area contributed by atoms with Gasteiger partial charge in [0.1, 0.15) is 0 Å². The Hall–Kier alpha value is -1.14. The zero-order chi connectivity index (χ0) is 15.7. The van der Waals surface area contributed by atoms with Crippen molar-refractivity contribution in [3.8, 4) is 0 Å². The predicted octanol–water partition coefficient (Wildman–Crippen LogP) is 0.174. The van der Waals surface area contributed by atoms with Gasteiger partial charge in [-0.1, -0.05) is 26.7 Å². The summed E-state index contributed by atoms with van der Waals surface area (Å²) in [4.78, 5) is 27.8. The fourth-order valence-corrected chi connectivity index (χ4v) is 2.43. The van der Waals surface area contributed by atoms with Crippen molar-refractivity contribution < 1.29 is 9.59 Å². The fraction of sp³-hybridized carbons (Fsp3) is 0.867. The van der Waals surface area contributed by atoms with Crippen LogP contribution in [0.15, 0.2) is 0 Å². The molecule has 1 aliphatic rings. The zero-order valence-electron chi connectivity index (χ0n) is 13.4. The molecule has 2 amide bonds. The maximum Gasteiger partial charge on any atom is 0.239 e. The van der Waals surface area contributed by atoms with Gasteiger partial charge in [-0.05, 0) is 12.8 Å². The Morgan fingerprint density at radius 3 is 2.38 bits per heavy atom. The smallest absolute Gasteiger partial charge is 0.239 e. The number of nitrogens with one attached hydrogen (secondary N) is 1. The van der Waals surface area contributed by atoms with Crippen molar-refractivity contribution in [2.24, 2.45) is 5.73 Å². The minimum absolute atomic E-state index is 0.0542. The summed E-state index contributed by atoms with van der Waals surface area (Å²) in [6.45, 7) is 8.09. The van der Waals surface area contributed by atoms with E-state index in [9.17, 15) is 9.59 Å². The lowest BCUT2D eigenvalue weighted by atomic mass is 10.1. The van der Waals surface area contributed by atoms with E-state index in [1.807, 2.05) is 11.8 Å². The summed E-state index contributed by atoms with van der Waals surface area (Å²) in [5.41, 5.74) is 5.94. The first-order chi connectivity index (χ1) is 10.1. The second-order valence-corrected chi connectivity index (χ2v) is 5.70. The maximum absolute atomic E-state index is 12.2. The summed E-state index contributed by atoms with van der Waals surface area (Å²) < 4.78 is 0. The van der Waals surface area contributed by atoms with Crippen LogP contribution in [0.25, 0.3) is 0 Å². The number of nitrogens with two attached hydrogens (primary N) is 1. The highest BCUT2D eigenvalue weighted by Gasteiger charge is 2.25. The molecule has 0 bridgehead atoms. The summed E-state index contributed by atoms with van der Waals surface area (Å²) in [6, 6.07) is -0.371. The predicted molar refractivity (Wildman–Crippen MR) is 83.8 cm³/mol. The topological polar surface area (TPSA) is 78.7 Å². The standard InChI is InChI=1S/C15H30N4O2/c1-3-5-6-13(16)15(21)19-10-8-18(9-11-19)12-14(20)17-7-4-2/h13H,3-12,16H2,1-2H3,(H,17,20)/t13-/m0/s1. The third kappa shape index (κ3) is 6.44. The molecular weight excluding hydrogens is 268 g/mol. The number of carbonyl (C=O) groups excluding carboxylic acids is 2. The molecule has 0 aromatic carbocycles. The van der Waals surface area contributed by atoms with Crippen LogP contribution in [0.2, 0.25) is 0 Å². The first-order valence-corrected chi connectivity index (χ1v) is 8.11. The number of hydrogen-bond acceptors (Lipinski definition) is 4. The van der Waals surface area contributed by atoms with Crippen LogP contribution in [-0.4, -0.2) is 66.9 Å². The third-order valence-electron chi connectivity index (χ3n) is 3.81. The van der Waals surface area contributed by atoms with E-state index in [0.717, 1.165) is 45.3 Å². The van der Waals surface area contributed by atoms with Gasteiger partial charge in [0.05, 0.1) is 12.6 Å². The van der Waals surface area contributed by atoms with Crippen LogP contribution in [0.4, 0.5) is 0 Å². The van der Waals surface area contributed by atoms with E-state index < -0.39 is 0 Å². The monoisotopic (exact) mass is 298 g/mol. The normalized spacial score (nSPS) is 17.6. The molecule has 1 heterocycles. The van der Waals surface area contributed by atoms with Crippen LogP contribution >= 0.6 is 0 Å². The van der Waals surface area contributed by atoms with E-state index in [4.69, 9.17) is 5.73 Å². The van der Waals surface area contributed by atoms with E-state index in [0.29, 0.717) is 19.6 Å². The average molecular weight is 298 g/mol. The molecular formula is C15H30N4O2. The Morgan fingerprint density at radius 2 is 1.81 bits per heavy atom. The van der Waals surface area contributed by atoms with Crippen molar-refractivity contribution in [3.05, 3.63) is 0 Å². The van der Waals surface area contributed by atoms with Gasteiger partial charge in [0, 0.05) is 32.7 Å². The van der Waals surface area contributed by atoms with Gasteiger partial charge >= 0.3 is 0 Å². The number of carbonyl (C=O) groups is 2. The van der Waals surface area contributed by atoms with E-state index in [-0.39, 0.29) is 17.9 Å². The molecule has 1 rings (SSSR count). The van der Waals surface area contributed by atoms with Gasteiger partial charge in [0.15, 0.2) is 0 Å². The Bertz CT molecular complexity index is 328. The minimum Gasteiger partial charge on any atom is -0.355 e. The van der Waals surface area contributed by atoms with Crippen molar-refractivity contribution in [2.45, 2.75) is 45.6 Å². The molecule has 1 saturated heterocycles. The van der Waals surface area contributed by atoms with Crippen LogP contribution in [-0.2, 0) is 9.59 Å². The molecule has 0 aromatic heterocycles. The van der Waals surface area contributed by atoms with Crippen LogP contribution < -0.4 is 11.1 Å². The molecule has 6 heteroatoms. The van der Waals surface area contributed by atoms with Crippen LogP contribution in [0.3, 0.4) is 0 Å². The number of amides is 2. The third-order valence-corrected chi connectivity index (χ3v) is 3.81. The molecule has 0 spiro atoms. The van der Waals surface area contributed by atoms with Crippen molar-refractivity contribution in [2.75, 3.05) is 39.3 Å². The van der Waals surface area contributed by atoms with Crippen LogP contribution in [0, 0.1) is 0 Å². The summed E-state index contributed by atoms with van der Waals surface area (Å²) in [6.07, 6.45) is 3.75. The van der Waals surface area contributed by atoms with Crippen molar-refractivity contribution in [1.82, 2.24) is 15.1 Å². The van der Waals surface area contributed by atoms with Crippen molar-refractivity contribution in [3.63, 3.8) is 0 Å². The SMILES string of the molecule is CCCC[C@H](N)C(=O)N1CCN(CC(=O)NCCC)CC1. The fourth-order valence-electron chi connectivity index (χ4n) is 2.43. The molecule has 21 heavy (non-hydrogen) atoms. The van der Waals surface area contributed by atoms with Gasteiger partial charge in [0.25, 0.3) is 0 Å². The van der Waals surface area contributed by atoms with E-state index in [2.05, 4.69) is 17.1 Å². The summed E-state index contributed by atoms with van der Waals surface area (Å²) in [5, 5.41) is 2.87. The maximum atomic E-state index is 12.2. The number of piperazine rings is 1. The second kappa shape index (κ2) is 9.73. The Kier molecular flexibility index (Phi) is 8.30. The highest BCUT2D eigenvalue weighted by molar-refractivity contribution is 5.82. The summed E-state index contributed by atoms with van der Waals surface area (Å²) >= 11 is 0. The van der Waals surface area contributed by atoms with Gasteiger partial charge in [-0.15, -0.1) is 0 Å². The number of unbranched alkanes of at least 4 members (excludes halogenated alkanes) is 1. The van der Waals surface area contributed by atoms with Gasteiger partial charge in [-0.25, -0.2) is 0 Å². The van der Waals surface area contributed by atoms with Crippen LogP contribution in [0.5, 0.6) is 0 Å². The first kappa shape index (κ1) is 17.9. The summed E-state index contributed by atoms with van der Waals surface area (Å²) in [7, 11) is 0. The Morgan fingerprint density at radius 1 is 1.14 bits per heavy atom. The second-order valence-electron chi connectivity index (χ2n) is 5.70. The Balaban J connectivity index is 2.28. The molecule has 122 valence electrons. The highest BCUT2D eigenvalue weighted by atomic mass is 16.2. The number of rotatable bonds is 8. The molecule has 0 unspecified atom stereocenters. The number of hydrogen-bond donors (Lipinski definition) is 2. The largest absolute Gasteiger partial charge is 0.355 e. The zero-order valence-corrected chi connectivity index (χ0v) is 13.4. The van der Waals surface area contributed by atoms with Crippen molar-refractivity contribution >= 4 is 11.8 Å². The molecule has 1 fully saturated rings. The molecule has 6 nitrogen and oxygen atoms in total. The van der Waals surface area contributed by atoms with Gasteiger partial charge in [-0.3, -0.25) is 14.5 Å². The lowest BCUT2D eigenvalue weighted by Crippen LogP contribution is -2.54. The highest BCUT2D eigenvalue weighted by Crippen LogP contribution is 2.07. The summed E-state index contributed by atoms with van der Waals surface area (Å²) in [5.74, 6) is 0.120. The van der Waals surface area contributed by atoms with Gasteiger partial charge < -0.3 is 16.0 Å². The van der Waals surface area contributed by atoms with Crippen LogP contribution in [0.1, 0.15) is 39.5 Å². The Labute approximate surface area is 128 Å². The van der Waals surface area contributed by atoms with E-state index in [1.165, 1.54) is 0 Å². The van der Waals surface area contributed by atoms with E-state index in [1.54, 1.807) is 0 Å². The molecule has 0 saturated carbocycles. The molecule has 0 aliphatic carbocycles. The molecule has 1 aliphatic heterocycles. The molecule has 0 aromatic rings. The van der Waals surface area contributed by atoms with Gasteiger partial charge in [0.2, 0.25) is 11.8 Å². The van der Waals surface area contributed by atoms with Gasteiger partial charge in [-0.2, -0.15) is 0 Å². The molecule has 3 N–H and O–H groups in total. The quantitative estimate of drug-likeness (QED) is 0.670. The molecule has 1 atom stereocenters.